The lowest BCUT2D eigenvalue weighted by molar-refractivity contribution is 0.0727. The van der Waals surface area contributed by atoms with Crippen molar-refractivity contribution < 1.29 is 4.79 Å². The molecule has 0 spiro atoms. The number of pyridine rings is 1. The Kier molecular flexibility index (Phi) is 4.57. The molecule has 1 aliphatic heterocycles. The van der Waals surface area contributed by atoms with E-state index in [0.29, 0.717) is 5.69 Å². The normalized spacial score (nSPS) is 17.0. The molecule has 3 aromatic rings. The van der Waals surface area contributed by atoms with Gasteiger partial charge >= 0.3 is 0 Å². The van der Waals surface area contributed by atoms with Crippen LogP contribution >= 0.6 is 11.3 Å². The lowest BCUT2D eigenvalue weighted by atomic mass is 10.1. The zero-order valence-corrected chi connectivity index (χ0v) is 14.7. The van der Waals surface area contributed by atoms with Crippen LogP contribution in [0.5, 0.6) is 0 Å². The van der Waals surface area contributed by atoms with Crippen LogP contribution in [0.2, 0.25) is 0 Å². The van der Waals surface area contributed by atoms with Gasteiger partial charge in [0.1, 0.15) is 5.69 Å². The molecule has 0 radical (unpaired) electrons. The molecule has 1 aromatic carbocycles. The van der Waals surface area contributed by atoms with Crippen LogP contribution in [0, 0.1) is 0 Å². The molecule has 1 amide bonds. The number of nitrogens with zero attached hydrogens (tertiary/aromatic N) is 3. The van der Waals surface area contributed by atoms with Crippen molar-refractivity contribution in [2.24, 2.45) is 0 Å². The summed E-state index contributed by atoms with van der Waals surface area (Å²) in [5.41, 5.74) is 2.73. The van der Waals surface area contributed by atoms with Gasteiger partial charge < -0.3 is 4.90 Å². The summed E-state index contributed by atoms with van der Waals surface area (Å²) < 4.78 is 0. The van der Waals surface area contributed by atoms with Gasteiger partial charge in [0, 0.05) is 24.5 Å². The molecule has 5 heteroatoms. The summed E-state index contributed by atoms with van der Waals surface area (Å²) in [5, 5.41) is 2.86. The fourth-order valence-corrected chi connectivity index (χ4v) is 4.10. The van der Waals surface area contributed by atoms with Gasteiger partial charge in [0.25, 0.3) is 5.91 Å². The lowest BCUT2D eigenvalue weighted by Gasteiger charge is -2.23. The van der Waals surface area contributed by atoms with Gasteiger partial charge in [0.05, 0.1) is 16.7 Å². The Morgan fingerprint density at radius 3 is 2.80 bits per heavy atom. The molecular weight excluding hydrogens is 330 g/mol. The van der Waals surface area contributed by atoms with E-state index in [1.807, 2.05) is 46.7 Å². The Balaban J connectivity index is 1.51. The molecule has 0 aliphatic carbocycles. The summed E-state index contributed by atoms with van der Waals surface area (Å²) in [5.74, 6) is 0.0173. The first-order valence-corrected chi connectivity index (χ1v) is 9.39. The minimum atomic E-state index is 0.0173. The number of hydrogen-bond acceptors (Lipinski definition) is 4. The molecule has 1 fully saturated rings. The van der Waals surface area contributed by atoms with Gasteiger partial charge in [-0.3, -0.25) is 9.78 Å². The number of rotatable bonds is 4. The molecule has 1 saturated heterocycles. The standard InChI is InChI=1S/C20H19N3OS/c24-20(23-12-6-10-18(23)16-9-4-5-11-21-16)17-14-25-19(22-17)13-15-7-2-1-3-8-15/h1-5,7-9,11,14,18H,6,10,12-13H2/t18-/m0/s1. The Bertz CT molecular complexity index is 848. The quantitative estimate of drug-likeness (QED) is 0.712. The molecule has 126 valence electrons. The maximum absolute atomic E-state index is 12.9. The summed E-state index contributed by atoms with van der Waals surface area (Å²) in [7, 11) is 0. The van der Waals surface area contributed by atoms with Crippen molar-refractivity contribution in [3.05, 3.63) is 82.1 Å². The van der Waals surface area contributed by atoms with Crippen LogP contribution in [-0.2, 0) is 6.42 Å². The summed E-state index contributed by atoms with van der Waals surface area (Å²) in [6, 6.07) is 16.2. The van der Waals surface area contributed by atoms with Crippen molar-refractivity contribution in [2.45, 2.75) is 25.3 Å². The molecule has 0 bridgehead atoms. The largest absolute Gasteiger partial charge is 0.329 e. The number of benzene rings is 1. The van der Waals surface area contributed by atoms with Crippen molar-refractivity contribution in [3.8, 4) is 0 Å². The van der Waals surface area contributed by atoms with E-state index in [4.69, 9.17) is 0 Å². The predicted molar refractivity (Wildman–Crippen MR) is 98.6 cm³/mol. The van der Waals surface area contributed by atoms with Crippen LogP contribution < -0.4 is 0 Å². The summed E-state index contributed by atoms with van der Waals surface area (Å²) in [6.07, 6.45) is 4.53. The molecule has 25 heavy (non-hydrogen) atoms. The van der Waals surface area contributed by atoms with E-state index in [1.54, 1.807) is 17.5 Å². The Morgan fingerprint density at radius 2 is 2.00 bits per heavy atom. The number of aromatic nitrogens is 2. The number of amides is 1. The molecule has 1 atom stereocenters. The van der Waals surface area contributed by atoms with Gasteiger partial charge in [-0.15, -0.1) is 11.3 Å². The zero-order chi connectivity index (χ0) is 17.1. The van der Waals surface area contributed by atoms with E-state index in [9.17, 15) is 4.79 Å². The number of hydrogen-bond donors (Lipinski definition) is 0. The van der Waals surface area contributed by atoms with Crippen LogP contribution in [0.25, 0.3) is 0 Å². The monoisotopic (exact) mass is 349 g/mol. The van der Waals surface area contributed by atoms with Crippen LogP contribution in [0.15, 0.2) is 60.1 Å². The topological polar surface area (TPSA) is 46.1 Å². The second kappa shape index (κ2) is 7.15. The fraction of sp³-hybridized carbons (Fsp3) is 0.250. The van der Waals surface area contributed by atoms with Gasteiger partial charge in [0.2, 0.25) is 0 Å². The Morgan fingerprint density at radius 1 is 1.16 bits per heavy atom. The van der Waals surface area contributed by atoms with Crippen LogP contribution in [-0.4, -0.2) is 27.3 Å². The second-order valence-electron chi connectivity index (χ2n) is 6.20. The van der Waals surface area contributed by atoms with E-state index < -0.39 is 0 Å². The minimum absolute atomic E-state index is 0.0173. The summed E-state index contributed by atoms with van der Waals surface area (Å²) in [6.45, 7) is 0.769. The van der Waals surface area contributed by atoms with Crippen LogP contribution in [0.3, 0.4) is 0 Å². The highest BCUT2D eigenvalue weighted by atomic mass is 32.1. The first-order chi connectivity index (χ1) is 12.3. The average Bonchev–Trinajstić information content (AvgIpc) is 3.32. The van der Waals surface area contributed by atoms with Crippen LogP contribution in [0.4, 0.5) is 0 Å². The number of likely N-dealkylation sites (tertiary alicyclic amines) is 1. The highest BCUT2D eigenvalue weighted by molar-refractivity contribution is 7.09. The fourth-order valence-electron chi connectivity index (χ4n) is 3.30. The van der Waals surface area contributed by atoms with E-state index in [0.717, 1.165) is 36.5 Å². The van der Waals surface area contributed by atoms with Gasteiger partial charge in [-0.25, -0.2) is 4.98 Å². The van der Waals surface area contributed by atoms with Gasteiger partial charge in [-0.1, -0.05) is 36.4 Å². The Hall–Kier alpha value is -2.53. The van der Waals surface area contributed by atoms with Crippen molar-refractivity contribution in [2.75, 3.05) is 6.54 Å². The smallest absolute Gasteiger partial charge is 0.273 e. The zero-order valence-electron chi connectivity index (χ0n) is 13.8. The molecule has 0 N–H and O–H groups in total. The third-order valence-electron chi connectivity index (χ3n) is 4.51. The number of carbonyl (C=O) groups is 1. The second-order valence-corrected chi connectivity index (χ2v) is 7.14. The van der Waals surface area contributed by atoms with Crippen molar-refractivity contribution in [1.29, 1.82) is 0 Å². The maximum Gasteiger partial charge on any atom is 0.273 e. The minimum Gasteiger partial charge on any atom is -0.329 e. The molecule has 1 aliphatic rings. The predicted octanol–water partition coefficient (Wildman–Crippen LogP) is 4.11. The highest BCUT2D eigenvalue weighted by Gasteiger charge is 2.32. The average molecular weight is 349 g/mol. The van der Waals surface area contributed by atoms with E-state index >= 15 is 0 Å². The third-order valence-corrected chi connectivity index (χ3v) is 5.36. The molecule has 4 nitrogen and oxygen atoms in total. The van der Waals surface area contributed by atoms with Crippen molar-refractivity contribution in [3.63, 3.8) is 0 Å². The van der Waals surface area contributed by atoms with Crippen molar-refractivity contribution in [1.82, 2.24) is 14.9 Å². The first kappa shape index (κ1) is 16.0. The van der Waals surface area contributed by atoms with E-state index in [1.165, 1.54) is 5.56 Å². The first-order valence-electron chi connectivity index (χ1n) is 8.51. The van der Waals surface area contributed by atoms with Gasteiger partial charge in [0.15, 0.2) is 0 Å². The van der Waals surface area contributed by atoms with E-state index in [-0.39, 0.29) is 11.9 Å². The Labute approximate surface area is 151 Å². The molecule has 0 saturated carbocycles. The molecule has 2 aromatic heterocycles. The number of thiazole rings is 1. The van der Waals surface area contributed by atoms with Crippen LogP contribution in [0.1, 0.15) is 45.6 Å². The number of carbonyl (C=O) groups excluding carboxylic acids is 1. The molecular formula is C20H19N3OS. The summed E-state index contributed by atoms with van der Waals surface area (Å²) in [4.78, 5) is 23.9. The molecule has 3 heterocycles. The highest BCUT2D eigenvalue weighted by Crippen LogP contribution is 2.32. The SMILES string of the molecule is O=C(c1csc(Cc2ccccc2)n1)N1CCC[C@H]1c1ccccn1. The molecule has 4 rings (SSSR count). The van der Waals surface area contributed by atoms with E-state index in [2.05, 4.69) is 22.1 Å². The van der Waals surface area contributed by atoms with Gasteiger partial charge in [-0.05, 0) is 30.5 Å². The summed E-state index contributed by atoms with van der Waals surface area (Å²) >= 11 is 1.55. The molecule has 0 unspecified atom stereocenters. The van der Waals surface area contributed by atoms with Gasteiger partial charge in [-0.2, -0.15) is 0 Å². The van der Waals surface area contributed by atoms with Crippen molar-refractivity contribution >= 4 is 17.2 Å². The third kappa shape index (κ3) is 3.46. The maximum atomic E-state index is 12.9. The lowest BCUT2D eigenvalue weighted by Crippen LogP contribution is -2.31.